The Balaban J connectivity index is 0.955. The maximum Gasteiger partial charge on any atom is 0.135 e. The molecule has 2 aliphatic carbocycles. The molecule has 12 aromatic rings. The van der Waals surface area contributed by atoms with Gasteiger partial charge in [-0.05, 0) is 144 Å². The van der Waals surface area contributed by atoms with E-state index >= 15 is 0 Å². The van der Waals surface area contributed by atoms with Crippen LogP contribution in [0.15, 0.2) is 253 Å². The van der Waals surface area contributed by atoms with Gasteiger partial charge in [0, 0.05) is 33.1 Å². The fraction of sp³-hybridized carbons (Fsp3) is 0.0588. The summed E-state index contributed by atoms with van der Waals surface area (Å²) in [4.78, 5) is 2.51. The Morgan fingerprint density at radius 3 is 1.71 bits per heavy atom. The SMILES string of the molecule is CC1(C)c2cc(-c3ccc4ccccc4c3)ccc2-c2ccc(N(c3ccc(-c4ccc5oc6ccccc6c5c4)cc3)c3cccc4c3-c3ccccc3C4(c3ccccc3)c3ccccc3)cc21. The van der Waals surface area contributed by atoms with Crippen LogP contribution in [0, 0.1) is 0 Å². The van der Waals surface area contributed by atoms with Crippen molar-refractivity contribution in [1.82, 2.24) is 0 Å². The fourth-order valence-electron chi connectivity index (χ4n) is 12.2. The highest BCUT2D eigenvalue weighted by Crippen LogP contribution is 2.60. The lowest BCUT2D eigenvalue weighted by Crippen LogP contribution is -2.28. The van der Waals surface area contributed by atoms with Crippen molar-refractivity contribution in [3.8, 4) is 44.5 Å². The second-order valence-electron chi connectivity index (χ2n) is 19.6. The zero-order chi connectivity index (χ0) is 46.6. The van der Waals surface area contributed by atoms with Gasteiger partial charge in [0.05, 0.1) is 11.1 Å². The van der Waals surface area contributed by atoms with Crippen LogP contribution in [0.3, 0.4) is 0 Å². The Hall–Kier alpha value is -8.72. The third-order valence-corrected chi connectivity index (χ3v) is 15.5. The van der Waals surface area contributed by atoms with Gasteiger partial charge in [-0.25, -0.2) is 0 Å². The van der Waals surface area contributed by atoms with Gasteiger partial charge in [0.15, 0.2) is 0 Å². The average Bonchev–Trinajstić information content (AvgIpc) is 4.02. The quantitative estimate of drug-likeness (QED) is 0.158. The number of hydrogen-bond donors (Lipinski definition) is 0. The van der Waals surface area contributed by atoms with Gasteiger partial charge in [-0.3, -0.25) is 0 Å². The van der Waals surface area contributed by atoms with E-state index in [0.717, 1.165) is 50.1 Å². The Morgan fingerprint density at radius 1 is 0.343 bits per heavy atom. The van der Waals surface area contributed by atoms with Crippen LogP contribution >= 0.6 is 0 Å². The van der Waals surface area contributed by atoms with Crippen molar-refractivity contribution in [3.05, 3.63) is 282 Å². The summed E-state index contributed by atoms with van der Waals surface area (Å²) in [5, 5.41) is 4.78. The van der Waals surface area contributed by atoms with Crippen LogP contribution in [0.1, 0.15) is 47.2 Å². The van der Waals surface area contributed by atoms with E-state index in [1.807, 2.05) is 12.1 Å². The smallest absolute Gasteiger partial charge is 0.135 e. The summed E-state index contributed by atoms with van der Waals surface area (Å²) in [6, 6.07) is 92.0. The molecular formula is C68H47NO. The highest BCUT2D eigenvalue weighted by Gasteiger charge is 2.47. The largest absolute Gasteiger partial charge is 0.456 e. The van der Waals surface area contributed by atoms with Gasteiger partial charge in [0.25, 0.3) is 0 Å². The number of rotatable bonds is 7. The number of para-hydroxylation sites is 1. The normalized spacial score (nSPS) is 13.8. The summed E-state index contributed by atoms with van der Waals surface area (Å²) in [6.45, 7) is 4.80. The van der Waals surface area contributed by atoms with Crippen molar-refractivity contribution in [2.45, 2.75) is 24.7 Å². The average molecular weight is 894 g/mol. The summed E-state index contributed by atoms with van der Waals surface area (Å²) in [7, 11) is 0. The van der Waals surface area contributed by atoms with E-state index in [9.17, 15) is 0 Å². The first kappa shape index (κ1) is 40.4. The van der Waals surface area contributed by atoms with E-state index in [-0.39, 0.29) is 5.41 Å². The fourth-order valence-corrected chi connectivity index (χ4v) is 12.2. The topological polar surface area (TPSA) is 16.4 Å². The molecule has 0 saturated carbocycles. The number of furan rings is 1. The van der Waals surface area contributed by atoms with Crippen LogP contribution in [0.2, 0.25) is 0 Å². The minimum absolute atomic E-state index is 0.250. The number of fused-ring (bicyclic) bond motifs is 10. The van der Waals surface area contributed by atoms with E-state index < -0.39 is 5.41 Å². The molecule has 0 bridgehead atoms. The van der Waals surface area contributed by atoms with E-state index in [1.165, 1.54) is 77.5 Å². The molecular weight excluding hydrogens is 847 g/mol. The molecule has 330 valence electrons. The van der Waals surface area contributed by atoms with Crippen molar-refractivity contribution in [3.63, 3.8) is 0 Å². The molecule has 2 nitrogen and oxygen atoms in total. The van der Waals surface area contributed by atoms with Gasteiger partial charge in [-0.2, -0.15) is 0 Å². The first-order chi connectivity index (χ1) is 34.4. The van der Waals surface area contributed by atoms with Gasteiger partial charge in [-0.1, -0.05) is 202 Å². The predicted octanol–water partition coefficient (Wildman–Crippen LogP) is 18.2. The first-order valence-electron chi connectivity index (χ1n) is 24.4. The molecule has 0 spiro atoms. The van der Waals surface area contributed by atoms with Gasteiger partial charge < -0.3 is 9.32 Å². The first-order valence-corrected chi connectivity index (χ1v) is 24.4. The number of anilines is 3. The molecule has 11 aromatic carbocycles. The van der Waals surface area contributed by atoms with Crippen molar-refractivity contribution >= 4 is 49.8 Å². The lowest BCUT2D eigenvalue weighted by molar-refractivity contribution is 0.660. The lowest BCUT2D eigenvalue weighted by Gasteiger charge is -2.34. The molecule has 0 N–H and O–H groups in total. The molecule has 70 heavy (non-hydrogen) atoms. The molecule has 0 radical (unpaired) electrons. The molecule has 14 rings (SSSR count). The molecule has 0 amide bonds. The summed E-state index contributed by atoms with van der Waals surface area (Å²) < 4.78 is 6.22. The van der Waals surface area contributed by atoms with Crippen LogP contribution < -0.4 is 4.90 Å². The van der Waals surface area contributed by atoms with E-state index in [1.54, 1.807) is 0 Å². The minimum atomic E-state index is -0.528. The highest BCUT2D eigenvalue weighted by atomic mass is 16.3. The highest BCUT2D eigenvalue weighted by molar-refractivity contribution is 6.06. The van der Waals surface area contributed by atoms with Gasteiger partial charge in [0.2, 0.25) is 0 Å². The number of hydrogen-bond acceptors (Lipinski definition) is 2. The third kappa shape index (κ3) is 5.93. The second-order valence-corrected chi connectivity index (χ2v) is 19.6. The lowest BCUT2D eigenvalue weighted by atomic mass is 9.68. The van der Waals surface area contributed by atoms with Gasteiger partial charge >= 0.3 is 0 Å². The zero-order valence-electron chi connectivity index (χ0n) is 39.0. The van der Waals surface area contributed by atoms with Gasteiger partial charge in [-0.15, -0.1) is 0 Å². The molecule has 0 atom stereocenters. The molecule has 0 fully saturated rings. The molecule has 2 aliphatic rings. The van der Waals surface area contributed by atoms with E-state index in [4.69, 9.17) is 4.42 Å². The van der Waals surface area contributed by atoms with Crippen molar-refractivity contribution < 1.29 is 4.42 Å². The summed E-state index contributed by atoms with van der Waals surface area (Å²) >= 11 is 0. The molecule has 0 saturated heterocycles. The number of benzene rings is 11. The van der Waals surface area contributed by atoms with E-state index in [0.29, 0.717) is 0 Å². The molecule has 0 aliphatic heterocycles. The Bertz CT molecular complexity index is 3990. The summed E-state index contributed by atoms with van der Waals surface area (Å²) in [5.41, 5.74) is 22.0. The van der Waals surface area contributed by atoms with Crippen LogP contribution in [0.5, 0.6) is 0 Å². The van der Waals surface area contributed by atoms with Gasteiger partial charge in [0.1, 0.15) is 11.2 Å². The Labute approximate surface area is 408 Å². The molecule has 1 heterocycles. The van der Waals surface area contributed by atoms with Crippen molar-refractivity contribution in [2.75, 3.05) is 4.90 Å². The standard InChI is InChI=1S/C68H47NO/c1-67(2)61-42-49(47-29-28-44-16-9-10-17-46(44)40-47)32-37-54(61)55-38-36-53(43-62(55)67)69(52-34-30-45(31-35-52)48-33-39-65-58(41-48)56-22-12-14-27-64(56)70-65)63-26-15-25-60-66(63)57-23-11-13-24-59(57)68(60,50-18-5-3-6-19-50)51-20-7-4-8-21-51/h3-43H,1-2H3. The number of nitrogens with zero attached hydrogens (tertiary/aromatic N) is 1. The van der Waals surface area contributed by atoms with Crippen molar-refractivity contribution in [2.24, 2.45) is 0 Å². The van der Waals surface area contributed by atoms with Crippen molar-refractivity contribution in [1.29, 1.82) is 0 Å². The molecule has 1 aromatic heterocycles. The monoisotopic (exact) mass is 893 g/mol. The predicted molar refractivity (Wildman–Crippen MR) is 292 cm³/mol. The summed E-state index contributed by atoms with van der Waals surface area (Å²) in [5.74, 6) is 0. The minimum Gasteiger partial charge on any atom is -0.456 e. The second kappa shape index (κ2) is 15.4. The van der Waals surface area contributed by atoms with E-state index in [2.05, 4.69) is 255 Å². The Kier molecular flexibility index (Phi) is 8.88. The zero-order valence-corrected chi connectivity index (χ0v) is 39.0. The summed E-state index contributed by atoms with van der Waals surface area (Å²) in [6.07, 6.45) is 0. The molecule has 0 unspecified atom stereocenters. The maximum absolute atomic E-state index is 6.22. The maximum atomic E-state index is 6.22. The van der Waals surface area contributed by atoms with Crippen LogP contribution in [-0.4, -0.2) is 0 Å². The Morgan fingerprint density at radius 2 is 0.914 bits per heavy atom. The van der Waals surface area contributed by atoms with Crippen LogP contribution in [0.4, 0.5) is 17.1 Å². The van der Waals surface area contributed by atoms with Crippen LogP contribution in [0.25, 0.3) is 77.2 Å². The van der Waals surface area contributed by atoms with Crippen LogP contribution in [-0.2, 0) is 10.8 Å². The molecule has 2 heteroatoms. The third-order valence-electron chi connectivity index (χ3n) is 15.5.